The van der Waals surface area contributed by atoms with Crippen LogP contribution in [0.25, 0.3) is 0 Å². The second-order valence-electron chi connectivity index (χ2n) is 6.28. The first-order valence-electron chi connectivity index (χ1n) is 7.48. The van der Waals surface area contributed by atoms with Gasteiger partial charge in [-0.15, -0.1) is 0 Å². The van der Waals surface area contributed by atoms with Crippen LogP contribution in [0.15, 0.2) is 24.3 Å². The van der Waals surface area contributed by atoms with Gasteiger partial charge in [0.25, 0.3) is 0 Å². The maximum absolute atomic E-state index is 6.27. The molecule has 1 rings (SSSR count). The molecule has 1 aromatic carbocycles. The third-order valence-electron chi connectivity index (χ3n) is 3.26. The predicted molar refractivity (Wildman–Crippen MR) is 87.5 cm³/mol. The van der Waals surface area contributed by atoms with Crippen molar-refractivity contribution >= 4 is 11.6 Å². The lowest BCUT2D eigenvalue weighted by Crippen LogP contribution is -2.39. The van der Waals surface area contributed by atoms with E-state index in [9.17, 15) is 0 Å². The lowest BCUT2D eigenvalue weighted by molar-refractivity contribution is 0.130. The van der Waals surface area contributed by atoms with Crippen LogP contribution in [0.2, 0.25) is 5.02 Å². The molecule has 2 nitrogen and oxygen atoms in total. The first-order valence-corrected chi connectivity index (χ1v) is 7.86. The molecule has 0 fully saturated rings. The van der Waals surface area contributed by atoms with Gasteiger partial charge in [0.15, 0.2) is 0 Å². The van der Waals surface area contributed by atoms with Gasteiger partial charge in [0, 0.05) is 23.8 Å². The van der Waals surface area contributed by atoms with E-state index < -0.39 is 0 Å². The molecular formula is C17H28ClNO. The Morgan fingerprint density at radius 3 is 2.55 bits per heavy atom. The summed E-state index contributed by atoms with van der Waals surface area (Å²) in [5.74, 6) is 0.542. The highest BCUT2D eigenvalue weighted by atomic mass is 35.5. The Morgan fingerprint density at radius 2 is 1.95 bits per heavy atom. The summed E-state index contributed by atoms with van der Waals surface area (Å²) in [5.41, 5.74) is 1.37. The maximum Gasteiger partial charge on any atom is 0.0469 e. The first-order chi connectivity index (χ1) is 9.42. The van der Waals surface area contributed by atoms with Gasteiger partial charge in [-0.05, 0) is 64.6 Å². The van der Waals surface area contributed by atoms with Gasteiger partial charge in [-0.1, -0.05) is 29.8 Å². The second kappa shape index (κ2) is 8.66. The molecule has 0 spiro atoms. The van der Waals surface area contributed by atoms with Gasteiger partial charge in [-0.25, -0.2) is 0 Å². The number of benzene rings is 1. The van der Waals surface area contributed by atoms with Gasteiger partial charge in [-0.3, -0.25) is 0 Å². The van der Waals surface area contributed by atoms with Gasteiger partial charge in [-0.2, -0.15) is 0 Å². The summed E-state index contributed by atoms with van der Waals surface area (Å²) in [6, 6.07) is 8.12. The number of hydrogen-bond donors (Lipinski definition) is 1. The van der Waals surface area contributed by atoms with Crippen molar-refractivity contribution in [1.82, 2.24) is 5.32 Å². The van der Waals surface area contributed by atoms with E-state index in [-0.39, 0.29) is 5.54 Å². The van der Waals surface area contributed by atoms with E-state index in [1.165, 1.54) is 5.56 Å². The molecule has 0 aliphatic rings. The van der Waals surface area contributed by atoms with E-state index in [2.05, 4.69) is 38.2 Å². The third-order valence-corrected chi connectivity index (χ3v) is 3.63. The van der Waals surface area contributed by atoms with Crippen molar-refractivity contribution in [2.24, 2.45) is 5.92 Å². The molecular weight excluding hydrogens is 270 g/mol. The molecule has 0 saturated heterocycles. The van der Waals surface area contributed by atoms with Gasteiger partial charge >= 0.3 is 0 Å². The number of halogens is 1. The summed E-state index contributed by atoms with van der Waals surface area (Å²) in [5, 5.41) is 4.46. The van der Waals surface area contributed by atoms with Gasteiger partial charge in [0.05, 0.1) is 0 Å². The summed E-state index contributed by atoms with van der Waals surface area (Å²) in [6.45, 7) is 11.2. The molecule has 1 N–H and O–H groups in total. The van der Waals surface area contributed by atoms with E-state index in [1.807, 2.05) is 19.1 Å². The van der Waals surface area contributed by atoms with E-state index in [0.29, 0.717) is 5.92 Å². The Morgan fingerprint density at radius 1 is 1.25 bits per heavy atom. The average molecular weight is 298 g/mol. The monoisotopic (exact) mass is 297 g/mol. The minimum atomic E-state index is 0.143. The van der Waals surface area contributed by atoms with Crippen LogP contribution in [-0.2, 0) is 11.2 Å². The van der Waals surface area contributed by atoms with Crippen molar-refractivity contribution in [2.75, 3.05) is 19.8 Å². The number of rotatable bonds is 8. The normalized spacial score (nSPS) is 13.4. The Kier molecular flexibility index (Phi) is 7.57. The Hall–Kier alpha value is -0.570. The van der Waals surface area contributed by atoms with Crippen LogP contribution in [0.4, 0.5) is 0 Å². The van der Waals surface area contributed by atoms with Crippen LogP contribution in [-0.4, -0.2) is 25.3 Å². The van der Waals surface area contributed by atoms with Crippen molar-refractivity contribution in [2.45, 2.75) is 46.1 Å². The molecule has 0 aliphatic heterocycles. The minimum Gasteiger partial charge on any atom is -0.382 e. The molecule has 1 aromatic rings. The molecule has 0 aromatic heterocycles. The Labute approximate surface area is 128 Å². The fraction of sp³-hybridized carbons (Fsp3) is 0.647. The average Bonchev–Trinajstić information content (AvgIpc) is 2.37. The first kappa shape index (κ1) is 17.5. The lowest BCUT2D eigenvalue weighted by Gasteiger charge is -2.25. The molecule has 0 aliphatic carbocycles. The molecule has 1 unspecified atom stereocenters. The van der Waals surface area contributed by atoms with E-state index >= 15 is 0 Å². The summed E-state index contributed by atoms with van der Waals surface area (Å²) in [7, 11) is 0. The molecule has 0 heterocycles. The summed E-state index contributed by atoms with van der Waals surface area (Å²) in [4.78, 5) is 0. The molecule has 114 valence electrons. The SMILES string of the molecule is CCOCCC(CNC(C)(C)C)Cc1ccccc1Cl. The van der Waals surface area contributed by atoms with Crippen molar-refractivity contribution in [1.29, 1.82) is 0 Å². The fourth-order valence-electron chi connectivity index (χ4n) is 2.10. The minimum absolute atomic E-state index is 0.143. The molecule has 0 amide bonds. The van der Waals surface area contributed by atoms with Crippen LogP contribution in [0.3, 0.4) is 0 Å². The van der Waals surface area contributed by atoms with E-state index in [0.717, 1.165) is 37.6 Å². The largest absolute Gasteiger partial charge is 0.382 e. The highest BCUT2D eigenvalue weighted by Gasteiger charge is 2.15. The van der Waals surface area contributed by atoms with E-state index in [1.54, 1.807) is 0 Å². The summed E-state index contributed by atoms with van der Waals surface area (Å²) in [6.07, 6.45) is 2.05. The van der Waals surface area contributed by atoms with Gasteiger partial charge in [0.1, 0.15) is 0 Å². The number of ether oxygens (including phenoxy) is 1. The second-order valence-corrected chi connectivity index (χ2v) is 6.69. The maximum atomic E-state index is 6.27. The highest BCUT2D eigenvalue weighted by Crippen LogP contribution is 2.20. The van der Waals surface area contributed by atoms with Crippen LogP contribution in [0, 0.1) is 5.92 Å². The number of hydrogen-bond acceptors (Lipinski definition) is 2. The quantitative estimate of drug-likeness (QED) is 0.722. The zero-order valence-electron chi connectivity index (χ0n) is 13.2. The zero-order valence-corrected chi connectivity index (χ0v) is 14.0. The summed E-state index contributed by atoms with van der Waals surface area (Å²) < 4.78 is 5.50. The third kappa shape index (κ3) is 7.28. The van der Waals surface area contributed by atoms with Crippen molar-refractivity contribution in [3.8, 4) is 0 Å². The van der Waals surface area contributed by atoms with Crippen molar-refractivity contribution in [3.63, 3.8) is 0 Å². The van der Waals surface area contributed by atoms with Crippen LogP contribution in [0.5, 0.6) is 0 Å². The standard InChI is InChI=1S/C17H28ClNO/c1-5-20-11-10-14(13-19-17(2,3)4)12-15-8-6-7-9-16(15)18/h6-9,14,19H,5,10-13H2,1-4H3. The van der Waals surface area contributed by atoms with E-state index in [4.69, 9.17) is 16.3 Å². The topological polar surface area (TPSA) is 21.3 Å². The molecule has 3 heteroatoms. The van der Waals surface area contributed by atoms with Crippen LogP contribution in [0.1, 0.15) is 39.7 Å². The van der Waals surface area contributed by atoms with Crippen LogP contribution < -0.4 is 5.32 Å². The molecule has 0 saturated carbocycles. The lowest BCUT2D eigenvalue weighted by atomic mass is 9.95. The van der Waals surface area contributed by atoms with Crippen molar-refractivity contribution < 1.29 is 4.74 Å². The fourth-order valence-corrected chi connectivity index (χ4v) is 2.31. The van der Waals surface area contributed by atoms with Crippen LogP contribution >= 0.6 is 11.6 Å². The predicted octanol–water partition coefficient (Wildman–Crippen LogP) is 4.31. The molecule has 20 heavy (non-hydrogen) atoms. The highest BCUT2D eigenvalue weighted by molar-refractivity contribution is 6.31. The Bertz CT molecular complexity index is 387. The zero-order chi connectivity index (χ0) is 15.0. The number of nitrogens with one attached hydrogen (secondary N) is 1. The molecule has 0 bridgehead atoms. The summed E-state index contributed by atoms with van der Waals surface area (Å²) >= 11 is 6.27. The molecule has 1 atom stereocenters. The van der Waals surface area contributed by atoms with Gasteiger partial charge < -0.3 is 10.1 Å². The molecule has 0 radical (unpaired) electrons. The van der Waals surface area contributed by atoms with Crippen molar-refractivity contribution in [3.05, 3.63) is 34.9 Å². The van der Waals surface area contributed by atoms with Gasteiger partial charge in [0.2, 0.25) is 0 Å². The Balaban J connectivity index is 2.59. The smallest absolute Gasteiger partial charge is 0.0469 e.